The number of aromatic nitrogens is 4. The van der Waals surface area contributed by atoms with Gasteiger partial charge in [0, 0.05) is 11.8 Å². The zero-order valence-corrected chi connectivity index (χ0v) is 13.4. The number of rotatable bonds is 3. The molecule has 0 aliphatic carbocycles. The molecule has 0 aromatic carbocycles. The second-order valence-electron chi connectivity index (χ2n) is 4.78. The fourth-order valence-electron chi connectivity index (χ4n) is 2.01. The molecule has 10 nitrogen and oxygen atoms in total. The van der Waals surface area contributed by atoms with E-state index in [0.717, 1.165) is 17.8 Å². The Hall–Kier alpha value is -3.15. The van der Waals surface area contributed by atoms with Crippen LogP contribution in [-0.4, -0.2) is 49.5 Å². The lowest BCUT2D eigenvalue weighted by Gasteiger charge is -2.18. The minimum atomic E-state index is -1.70. The molecule has 0 saturated carbocycles. The smallest absolute Gasteiger partial charge is 0.270 e. The molecule has 1 unspecified atom stereocenters. The monoisotopic (exact) mass is 363 g/mol. The number of halogens is 1. The topological polar surface area (TPSA) is 142 Å². The summed E-state index contributed by atoms with van der Waals surface area (Å²) in [5.41, 5.74) is 0.704. The third-order valence-electron chi connectivity index (χ3n) is 3.20. The molecule has 12 heteroatoms. The number of carbonyl (C=O) groups is 3. The van der Waals surface area contributed by atoms with Crippen molar-refractivity contribution in [3.05, 3.63) is 24.3 Å². The van der Waals surface area contributed by atoms with Crippen LogP contribution in [0.3, 0.4) is 0 Å². The Bertz CT molecular complexity index is 884. The summed E-state index contributed by atoms with van der Waals surface area (Å²) in [6, 6.07) is 1.09. The van der Waals surface area contributed by atoms with E-state index in [4.69, 9.17) is 0 Å². The molecule has 0 radical (unpaired) electrons. The Morgan fingerprint density at radius 1 is 1.36 bits per heavy atom. The quantitative estimate of drug-likeness (QED) is 0.648. The molecule has 0 bridgehead atoms. The fraction of sp³-hybridized carbons (Fsp3) is 0.154. The number of carbonyl (C=O) groups excluding carboxylic acids is 3. The van der Waals surface area contributed by atoms with Gasteiger partial charge in [-0.1, -0.05) is 11.8 Å². The Morgan fingerprint density at radius 2 is 2.16 bits per heavy atom. The molecule has 0 saturated heterocycles. The standard InChI is InChI=1S/C13H10FN7O3S/c1-25-13-18-11(23)8(12(24)19-13)10(22)17-9-6(14)2-5(3-15-9)7-4-16-21-20-7/h2-4,8H,1H3,(H,15,17,22)(H,16,20,21)(H,18,19,23,24). The molecular formula is C13H10FN7O3S. The maximum Gasteiger partial charge on any atom is 0.270 e. The van der Waals surface area contributed by atoms with Crippen LogP contribution in [0.1, 0.15) is 0 Å². The van der Waals surface area contributed by atoms with E-state index in [0.29, 0.717) is 11.3 Å². The van der Waals surface area contributed by atoms with E-state index in [-0.39, 0.29) is 5.17 Å². The number of nitrogens with one attached hydrogen (secondary N) is 3. The number of H-pyrrole nitrogens is 1. The molecule has 3 N–H and O–H groups in total. The van der Waals surface area contributed by atoms with Crippen molar-refractivity contribution in [1.29, 1.82) is 0 Å². The first-order valence-electron chi connectivity index (χ1n) is 6.79. The molecule has 0 spiro atoms. The fourth-order valence-corrected chi connectivity index (χ4v) is 2.39. The number of anilines is 1. The van der Waals surface area contributed by atoms with Crippen molar-refractivity contribution >= 4 is 40.5 Å². The Morgan fingerprint density at radius 3 is 2.76 bits per heavy atom. The van der Waals surface area contributed by atoms with Gasteiger partial charge in [0.15, 0.2) is 22.7 Å². The molecule has 3 rings (SSSR count). The van der Waals surface area contributed by atoms with E-state index >= 15 is 0 Å². The highest BCUT2D eigenvalue weighted by molar-refractivity contribution is 8.13. The molecule has 3 heterocycles. The van der Waals surface area contributed by atoms with Gasteiger partial charge in [-0.3, -0.25) is 14.4 Å². The van der Waals surface area contributed by atoms with Gasteiger partial charge >= 0.3 is 0 Å². The average Bonchev–Trinajstić information content (AvgIpc) is 3.10. The van der Waals surface area contributed by atoms with E-state index in [1.165, 1.54) is 12.4 Å². The summed E-state index contributed by atoms with van der Waals surface area (Å²) in [6.45, 7) is 0. The van der Waals surface area contributed by atoms with Crippen LogP contribution >= 0.6 is 11.8 Å². The average molecular weight is 363 g/mol. The maximum atomic E-state index is 14.1. The zero-order valence-electron chi connectivity index (χ0n) is 12.6. The molecule has 1 atom stereocenters. The molecule has 1 aliphatic heterocycles. The lowest BCUT2D eigenvalue weighted by atomic mass is 10.1. The van der Waals surface area contributed by atoms with Crippen LogP contribution in [0.4, 0.5) is 10.2 Å². The summed E-state index contributed by atoms with van der Waals surface area (Å²) in [5.74, 6) is -5.76. The number of thioether (sulfide) groups is 1. The van der Waals surface area contributed by atoms with Crippen LogP contribution in [0.5, 0.6) is 0 Å². The van der Waals surface area contributed by atoms with Crippen molar-refractivity contribution in [2.24, 2.45) is 10.9 Å². The van der Waals surface area contributed by atoms with E-state index in [2.05, 4.69) is 36.0 Å². The third-order valence-corrected chi connectivity index (χ3v) is 3.78. The van der Waals surface area contributed by atoms with E-state index in [1.807, 2.05) is 0 Å². The van der Waals surface area contributed by atoms with Crippen molar-refractivity contribution in [1.82, 2.24) is 25.7 Å². The van der Waals surface area contributed by atoms with Crippen LogP contribution in [-0.2, 0) is 14.4 Å². The van der Waals surface area contributed by atoms with Crippen molar-refractivity contribution < 1.29 is 18.8 Å². The summed E-state index contributed by atoms with van der Waals surface area (Å²) in [6.07, 6.45) is 4.26. The van der Waals surface area contributed by atoms with Crippen LogP contribution in [0.2, 0.25) is 0 Å². The van der Waals surface area contributed by atoms with Gasteiger partial charge in [-0.2, -0.15) is 20.4 Å². The normalized spacial score (nSPS) is 17.0. The lowest BCUT2D eigenvalue weighted by molar-refractivity contribution is -0.139. The summed E-state index contributed by atoms with van der Waals surface area (Å²) in [5, 5.41) is 14.3. The van der Waals surface area contributed by atoms with E-state index in [9.17, 15) is 18.8 Å². The molecule has 25 heavy (non-hydrogen) atoms. The Labute approximate surface area is 143 Å². The Balaban J connectivity index is 1.78. The molecule has 0 fully saturated rings. The minimum Gasteiger partial charge on any atom is -0.307 e. The predicted molar refractivity (Wildman–Crippen MR) is 85.8 cm³/mol. The number of aromatic amines is 1. The highest BCUT2D eigenvalue weighted by atomic mass is 32.2. The summed E-state index contributed by atoms with van der Waals surface area (Å²) in [4.78, 5) is 43.2. The van der Waals surface area contributed by atoms with Crippen LogP contribution in [0, 0.1) is 11.7 Å². The SMILES string of the molecule is CSC1=NC(=O)C(C(=O)Nc2ncc(-c3cn[nH]n3)cc2F)C(=O)N1. The van der Waals surface area contributed by atoms with Gasteiger partial charge in [-0.25, -0.2) is 9.37 Å². The summed E-state index contributed by atoms with van der Waals surface area (Å²) >= 11 is 1.05. The number of hydrogen-bond donors (Lipinski definition) is 3. The second-order valence-corrected chi connectivity index (χ2v) is 5.58. The molecule has 2 aromatic rings. The van der Waals surface area contributed by atoms with Gasteiger partial charge in [0.2, 0.25) is 11.8 Å². The summed E-state index contributed by atoms with van der Waals surface area (Å²) < 4.78 is 14.1. The largest absolute Gasteiger partial charge is 0.307 e. The number of hydrogen-bond acceptors (Lipinski definition) is 7. The van der Waals surface area contributed by atoms with Gasteiger partial charge in [-0.05, 0) is 12.3 Å². The highest BCUT2D eigenvalue weighted by Gasteiger charge is 2.38. The molecule has 2 aromatic heterocycles. The first-order valence-corrected chi connectivity index (χ1v) is 8.02. The number of pyridine rings is 1. The zero-order chi connectivity index (χ0) is 18.0. The van der Waals surface area contributed by atoms with Gasteiger partial charge in [0.25, 0.3) is 5.91 Å². The third kappa shape index (κ3) is 3.38. The summed E-state index contributed by atoms with van der Waals surface area (Å²) in [7, 11) is 0. The predicted octanol–water partition coefficient (Wildman–Crippen LogP) is -0.0641. The van der Waals surface area contributed by atoms with Crippen LogP contribution in [0.15, 0.2) is 23.5 Å². The van der Waals surface area contributed by atoms with E-state index in [1.54, 1.807) is 6.26 Å². The number of aliphatic imine (C=N–C) groups is 1. The lowest BCUT2D eigenvalue weighted by Crippen LogP contribution is -2.48. The number of amidine groups is 1. The molecule has 128 valence electrons. The first kappa shape index (κ1) is 16.7. The van der Waals surface area contributed by atoms with Crippen molar-refractivity contribution in [3.8, 4) is 11.3 Å². The maximum absolute atomic E-state index is 14.1. The van der Waals surface area contributed by atoms with Crippen molar-refractivity contribution in [2.75, 3.05) is 11.6 Å². The van der Waals surface area contributed by atoms with E-state index < -0.39 is 35.3 Å². The molecule has 3 amide bonds. The number of nitrogens with zero attached hydrogens (tertiary/aromatic N) is 4. The van der Waals surface area contributed by atoms with Crippen molar-refractivity contribution in [2.45, 2.75) is 0 Å². The van der Waals surface area contributed by atoms with Gasteiger partial charge < -0.3 is 10.6 Å². The molecular weight excluding hydrogens is 353 g/mol. The van der Waals surface area contributed by atoms with Gasteiger partial charge in [-0.15, -0.1) is 0 Å². The van der Waals surface area contributed by atoms with Crippen LogP contribution in [0.25, 0.3) is 11.3 Å². The van der Waals surface area contributed by atoms with Gasteiger partial charge in [0.05, 0.1) is 6.20 Å². The first-order chi connectivity index (χ1) is 12.0. The minimum absolute atomic E-state index is 0.0975. The number of amides is 3. The molecule has 1 aliphatic rings. The Kier molecular flexibility index (Phi) is 4.52. The van der Waals surface area contributed by atoms with Gasteiger partial charge in [0.1, 0.15) is 5.69 Å². The van der Waals surface area contributed by atoms with Crippen molar-refractivity contribution in [3.63, 3.8) is 0 Å². The second kappa shape index (κ2) is 6.76. The van der Waals surface area contributed by atoms with Crippen LogP contribution < -0.4 is 10.6 Å². The highest BCUT2D eigenvalue weighted by Crippen LogP contribution is 2.20.